The van der Waals surface area contributed by atoms with Crippen LogP contribution in [0.25, 0.3) is 0 Å². The zero-order chi connectivity index (χ0) is 23.7. The average molecular weight is 577 g/mol. The summed E-state index contributed by atoms with van der Waals surface area (Å²) < 4.78 is 0. The first-order valence-corrected chi connectivity index (χ1v) is 10.9. The Hall–Kier alpha value is -0.497. The van der Waals surface area contributed by atoms with E-state index < -0.39 is 0 Å². The molecule has 5 heteroatoms. The maximum absolute atomic E-state index is 9.99. The molecule has 0 aliphatic carbocycles. The second-order valence-electron chi connectivity index (χ2n) is 12.5. The third-order valence-corrected chi connectivity index (χ3v) is 5.34. The molecule has 0 radical (unpaired) electrons. The van der Waals surface area contributed by atoms with Crippen molar-refractivity contribution in [1.82, 2.24) is 0 Å². The van der Waals surface area contributed by atoms with E-state index in [2.05, 4.69) is 95.2 Å². The first-order valence-electron chi connectivity index (χ1n) is 10.9. The summed E-state index contributed by atoms with van der Waals surface area (Å²) in [6.45, 7) is 25.6. The van der Waals surface area contributed by atoms with Gasteiger partial charge in [-0.2, -0.15) is 0 Å². The summed E-state index contributed by atoms with van der Waals surface area (Å²) in [5.41, 5.74) is 4.55. The molecule has 0 saturated heterocycles. The molecule has 0 aliphatic rings. The van der Waals surface area contributed by atoms with E-state index in [1.807, 2.05) is 24.3 Å². The third kappa shape index (κ3) is 11.2. The van der Waals surface area contributed by atoms with E-state index in [0.717, 1.165) is 11.1 Å². The zero-order valence-electron chi connectivity index (χ0n) is 22.7. The van der Waals surface area contributed by atoms with Crippen LogP contribution in [-0.4, -0.2) is 10.2 Å². The van der Waals surface area contributed by atoms with Crippen molar-refractivity contribution < 1.29 is 36.4 Å². The molecular formula is C28H46Cl2O2Zr. The van der Waals surface area contributed by atoms with Crippen LogP contribution in [0.15, 0.2) is 36.4 Å². The van der Waals surface area contributed by atoms with E-state index in [0.29, 0.717) is 11.5 Å². The van der Waals surface area contributed by atoms with Gasteiger partial charge < -0.3 is 10.2 Å². The predicted molar refractivity (Wildman–Crippen MR) is 146 cm³/mol. The van der Waals surface area contributed by atoms with Crippen LogP contribution in [0, 0.1) is 0 Å². The van der Waals surface area contributed by atoms with Gasteiger partial charge in [0.05, 0.1) is 0 Å². The monoisotopic (exact) mass is 574 g/mol. The molecule has 0 unspecified atom stereocenters. The van der Waals surface area contributed by atoms with Gasteiger partial charge in [-0.05, 0) is 56.0 Å². The average Bonchev–Trinajstić information content (AvgIpc) is 2.51. The first kappa shape index (κ1) is 37.1. The fraction of sp³-hybridized carbons (Fsp3) is 0.571. The van der Waals surface area contributed by atoms with Gasteiger partial charge in [0.15, 0.2) is 0 Å². The smallest absolute Gasteiger partial charge is 0.119 e. The Bertz CT molecular complexity index is 792. The minimum atomic E-state index is 0. The molecule has 0 saturated carbocycles. The maximum atomic E-state index is 9.99. The molecule has 0 heterocycles. The summed E-state index contributed by atoms with van der Waals surface area (Å²) in [6.07, 6.45) is 0. The van der Waals surface area contributed by atoms with E-state index in [1.165, 1.54) is 11.1 Å². The molecule has 2 aromatic rings. The van der Waals surface area contributed by atoms with Gasteiger partial charge >= 0.3 is 0 Å². The van der Waals surface area contributed by atoms with E-state index >= 15 is 0 Å². The third-order valence-electron chi connectivity index (χ3n) is 5.34. The summed E-state index contributed by atoms with van der Waals surface area (Å²) in [7, 11) is 0. The van der Waals surface area contributed by atoms with E-state index in [9.17, 15) is 10.2 Å². The van der Waals surface area contributed by atoms with Gasteiger partial charge in [-0.1, -0.05) is 107 Å². The number of hydrogen-bond acceptors (Lipinski definition) is 2. The minimum Gasteiger partial charge on any atom is -0.508 e. The summed E-state index contributed by atoms with van der Waals surface area (Å²) in [6, 6.07) is 12.1. The molecule has 0 aromatic heterocycles. The Morgan fingerprint density at radius 3 is 0.848 bits per heavy atom. The molecule has 2 rings (SSSR count). The van der Waals surface area contributed by atoms with Gasteiger partial charge in [0.25, 0.3) is 0 Å². The fourth-order valence-corrected chi connectivity index (χ4v) is 3.26. The molecule has 0 fully saturated rings. The summed E-state index contributed by atoms with van der Waals surface area (Å²) >= 11 is 0. The number of phenolic OH excluding ortho intramolecular Hbond substituents is 2. The number of halogens is 2. The number of hydrogen-bond donors (Lipinski definition) is 2. The molecule has 0 spiro atoms. The molecule has 2 aromatic carbocycles. The Kier molecular flexibility index (Phi) is 14.6. The SMILES string of the molecule is CC(C)(C)c1ccc(C(C)(C)C)c(O)c1.CC(C)(C)c1ccc(C(C)(C)C)c(O)c1.Cl.Cl.[Zr]. The van der Waals surface area contributed by atoms with Crippen molar-refractivity contribution in [3.05, 3.63) is 58.7 Å². The molecule has 0 aliphatic heterocycles. The zero-order valence-corrected chi connectivity index (χ0v) is 26.8. The van der Waals surface area contributed by atoms with Gasteiger partial charge in [-0.3, -0.25) is 0 Å². The summed E-state index contributed by atoms with van der Waals surface area (Å²) in [4.78, 5) is 0. The number of aromatic hydroxyl groups is 2. The van der Waals surface area contributed by atoms with Crippen LogP contribution in [0.1, 0.15) is 105 Å². The minimum absolute atomic E-state index is 0. The normalized spacial score (nSPS) is 11.8. The van der Waals surface area contributed by atoms with Crippen molar-refractivity contribution >= 4 is 24.8 Å². The van der Waals surface area contributed by atoms with Gasteiger partial charge in [0.2, 0.25) is 0 Å². The van der Waals surface area contributed by atoms with Crippen LogP contribution in [0.5, 0.6) is 11.5 Å². The van der Waals surface area contributed by atoms with E-state index in [-0.39, 0.29) is 72.7 Å². The topological polar surface area (TPSA) is 40.5 Å². The van der Waals surface area contributed by atoms with Gasteiger partial charge in [0, 0.05) is 26.2 Å². The van der Waals surface area contributed by atoms with Crippen molar-refractivity contribution in [3.8, 4) is 11.5 Å². The molecule has 0 bridgehead atoms. The largest absolute Gasteiger partial charge is 0.508 e. The Labute approximate surface area is 234 Å². The number of rotatable bonds is 0. The summed E-state index contributed by atoms with van der Waals surface area (Å²) in [5, 5.41) is 20.0. The van der Waals surface area contributed by atoms with E-state index in [4.69, 9.17) is 0 Å². The van der Waals surface area contributed by atoms with Crippen molar-refractivity contribution in [1.29, 1.82) is 0 Å². The fourth-order valence-electron chi connectivity index (χ4n) is 3.26. The Morgan fingerprint density at radius 1 is 0.455 bits per heavy atom. The van der Waals surface area contributed by atoms with Crippen molar-refractivity contribution in [2.75, 3.05) is 0 Å². The van der Waals surface area contributed by atoms with Crippen LogP contribution >= 0.6 is 24.8 Å². The first-order chi connectivity index (χ1) is 13.2. The van der Waals surface area contributed by atoms with Crippen molar-refractivity contribution in [2.45, 2.75) is 105 Å². The standard InChI is InChI=1S/2C14H22O.2ClH.Zr/c2*1-13(2,3)10-7-8-11(12(15)9-10)14(4,5)6;;;/h2*7-9,15H,1-6H3;2*1H;. The van der Waals surface area contributed by atoms with Crippen LogP contribution in [0.3, 0.4) is 0 Å². The van der Waals surface area contributed by atoms with Crippen molar-refractivity contribution in [2.24, 2.45) is 0 Å². The van der Waals surface area contributed by atoms with Gasteiger partial charge in [-0.25, -0.2) is 0 Å². The van der Waals surface area contributed by atoms with Crippen LogP contribution < -0.4 is 0 Å². The summed E-state index contributed by atoms with van der Waals surface area (Å²) in [5.74, 6) is 0.824. The quantitative estimate of drug-likeness (QED) is 0.329. The molecule has 33 heavy (non-hydrogen) atoms. The van der Waals surface area contributed by atoms with Gasteiger partial charge in [-0.15, -0.1) is 24.8 Å². The van der Waals surface area contributed by atoms with Crippen LogP contribution in [0.2, 0.25) is 0 Å². The number of phenols is 2. The second kappa shape index (κ2) is 13.0. The van der Waals surface area contributed by atoms with Crippen molar-refractivity contribution in [3.63, 3.8) is 0 Å². The molecule has 0 amide bonds. The van der Waals surface area contributed by atoms with Gasteiger partial charge in [0.1, 0.15) is 11.5 Å². The molecule has 0 atom stereocenters. The molecular weight excluding hydrogens is 530 g/mol. The van der Waals surface area contributed by atoms with Crippen LogP contribution in [0.4, 0.5) is 0 Å². The Balaban J connectivity index is -0.000000500. The molecule has 188 valence electrons. The predicted octanol–water partition coefficient (Wildman–Crippen LogP) is 8.82. The van der Waals surface area contributed by atoms with E-state index in [1.54, 1.807) is 0 Å². The maximum Gasteiger partial charge on any atom is 0.119 e. The second-order valence-corrected chi connectivity index (χ2v) is 12.5. The Morgan fingerprint density at radius 2 is 0.697 bits per heavy atom. The van der Waals surface area contributed by atoms with Crippen LogP contribution in [-0.2, 0) is 47.9 Å². The number of benzene rings is 2. The molecule has 2 N–H and O–H groups in total. The molecule has 2 nitrogen and oxygen atoms in total.